The third-order valence-electron chi connectivity index (χ3n) is 4.76. The first kappa shape index (κ1) is 19.9. The molecule has 3 heterocycles. The quantitative estimate of drug-likeness (QED) is 0.504. The molecule has 154 valence electrons. The summed E-state index contributed by atoms with van der Waals surface area (Å²) in [5.74, 6) is -1.30. The third-order valence-corrected chi connectivity index (χ3v) is 4.97. The molecule has 0 bridgehead atoms. The minimum absolute atomic E-state index is 0.0510. The Hall–Kier alpha value is -3.36. The van der Waals surface area contributed by atoms with Gasteiger partial charge in [-0.25, -0.2) is 14.6 Å². The number of rotatable bonds is 4. The van der Waals surface area contributed by atoms with E-state index < -0.39 is 11.9 Å². The largest absolute Gasteiger partial charge is 0.466 e. The predicted molar refractivity (Wildman–Crippen MR) is 111 cm³/mol. The molecule has 30 heavy (non-hydrogen) atoms. The predicted octanol–water partition coefficient (Wildman–Crippen LogP) is 3.28. The highest BCUT2D eigenvalue weighted by Gasteiger charge is 2.33. The number of aromatic amines is 1. The van der Waals surface area contributed by atoms with Crippen molar-refractivity contribution in [3.8, 4) is 11.3 Å². The van der Waals surface area contributed by atoms with Crippen molar-refractivity contribution in [1.82, 2.24) is 9.97 Å². The molecule has 0 saturated heterocycles. The minimum atomic E-state index is -0.654. The lowest BCUT2D eigenvalue weighted by Gasteiger charge is -2.32. The van der Waals surface area contributed by atoms with E-state index in [1.807, 2.05) is 36.4 Å². The molecular formula is C21H18ClN3O5. The molecule has 2 aromatic heterocycles. The number of carbonyl (C=O) groups excluding carboxylic acids is 2. The number of esters is 2. The maximum absolute atomic E-state index is 12.6. The van der Waals surface area contributed by atoms with E-state index in [0.717, 1.165) is 16.8 Å². The fourth-order valence-corrected chi connectivity index (χ4v) is 3.55. The van der Waals surface area contributed by atoms with Crippen LogP contribution in [0.25, 0.3) is 22.3 Å². The Morgan fingerprint density at radius 2 is 1.90 bits per heavy atom. The fourth-order valence-electron chi connectivity index (χ4n) is 3.40. The first-order chi connectivity index (χ1) is 14.5. The normalized spacial score (nSPS) is 14.2. The zero-order chi connectivity index (χ0) is 21.3. The molecule has 8 nitrogen and oxygen atoms in total. The Morgan fingerprint density at radius 1 is 1.13 bits per heavy atom. The van der Waals surface area contributed by atoms with Crippen LogP contribution in [0.5, 0.6) is 0 Å². The van der Waals surface area contributed by atoms with Gasteiger partial charge >= 0.3 is 11.9 Å². The van der Waals surface area contributed by atoms with Crippen LogP contribution in [0.2, 0.25) is 5.15 Å². The van der Waals surface area contributed by atoms with Gasteiger partial charge in [0.15, 0.2) is 0 Å². The van der Waals surface area contributed by atoms with Gasteiger partial charge in [0, 0.05) is 5.56 Å². The third kappa shape index (κ3) is 3.51. The number of pyridine rings is 1. The Balaban J connectivity index is 1.87. The molecule has 0 unspecified atom stereocenters. The van der Waals surface area contributed by atoms with E-state index in [-0.39, 0.29) is 24.6 Å². The highest BCUT2D eigenvalue weighted by atomic mass is 35.5. The lowest BCUT2D eigenvalue weighted by molar-refractivity contribution is -0.140. The van der Waals surface area contributed by atoms with Crippen molar-refractivity contribution in [2.45, 2.75) is 0 Å². The van der Waals surface area contributed by atoms with Crippen LogP contribution >= 0.6 is 11.6 Å². The second kappa shape index (κ2) is 8.17. The monoisotopic (exact) mass is 427 g/mol. The van der Waals surface area contributed by atoms with E-state index in [2.05, 4.69) is 9.97 Å². The number of methoxy groups -OCH3 is 2. The zero-order valence-electron chi connectivity index (χ0n) is 16.3. The zero-order valence-corrected chi connectivity index (χ0v) is 17.0. The topological polar surface area (TPSA) is 93.8 Å². The van der Waals surface area contributed by atoms with Gasteiger partial charge in [-0.05, 0) is 24.3 Å². The van der Waals surface area contributed by atoms with Gasteiger partial charge in [-0.3, -0.25) is 0 Å². The van der Waals surface area contributed by atoms with Crippen molar-refractivity contribution in [1.29, 1.82) is 0 Å². The van der Waals surface area contributed by atoms with Crippen LogP contribution < -0.4 is 4.90 Å². The maximum Gasteiger partial charge on any atom is 0.355 e. The van der Waals surface area contributed by atoms with Crippen LogP contribution in [0, 0.1) is 0 Å². The fraction of sp³-hybridized carbons (Fsp3) is 0.190. The molecule has 0 radical (unpaired) electrons. The van der Waals surface area contributed by atoms with Crippen molar-refractivity contribution >= 4 is 40.3 Å². The molecule has 1 aromatic carbocycles. The van der Waals surface area contributed by atoms with Gasteiger partial charge in [-0.1, -0.05) is 29.8 Å². The number of ether oxygens (including phenoxy) is 3. The molecule has 0 saturated carbocycles. The first-order valence-electron chi connectivity index (χ1n) is 9.03. The van der Waals surface area contributed by atoms with E-state index >= 15 is 0 Å². The van der Waals surface area contributed by atoms with E-state index in [0.29, 0.717) is 16.4 Å². The highest BCUT2D eigenvalue weighted by molar-refractivity contribution is 6.29. The second-order valence-electron chi connectivity index (χ2n) is 6.48. The number of nitrogens with zero attached hydrogens (tertiary/aromatic N) is 2. The van der Waals surface area contributed by atoms with Gasteiger partial charge in [0.05, 0.1) is 48.8 Å². The Bertz CT molecular complexity index is 1170. The number of carbonyl (C=O) groups is 2. The lowest BCUT2D eigenvalue weighted by Crippen LogP contribution is -2.39. The van der Waals surface area contributed by atoms with Crippen molar-refractivity contribution in [3.05, 3.63) is 58.9 Å². The van der Waals surface area contributed by atoms with Gasteiger partial charge in [0.25, 0.3) is 0 Å². The SMILES string of the molecule is COC(=O)C1=C(C(=O)OC)N(c2ccccc2-c2cc3nc(Cl)ccc3[nH]2)COC1. The Labute approximate surface area is 177 Å². The summed E-state index contributed by atoms with van der Waals surface area (Å²) < 4.78 is 15.3. The second-order valence-corrected chi connectivity index (χ2v) is 6.87. The highest BCUT2D eigenvalue weighted by Crippen LogP contribution is 2.36. The number of para-hydroxylation sites is 1. The van der Waals surface area contributed by atoms with Crippen molar-refractivity contribution in [2.24, 2.45) is 0 Å². The van der Waals surface area contributed by atoms with E-state index in [1.165, 1.54) is 14.2 Å². The van der Waals surface area contributed by atoms with Gasteiger partial charge in [0.2, 0.25) is 0 Å². The number of anilines is 1. The number of fused-ring (bicyclic) bond motifs is 1. The summed E-state index contributed by atoms with van der Waals surface area (Å²) >= 11 is 6.01. The minimum Gasteiger partial charge on any atom is -0.466 e. The van der Waals surface area contributed by atoms with Gasteiger partial charge < -0.3 is 24.1 Å². The van der Waals surface area contributed by atoms with Crippen LogP contribution in [-0.2, 0) is 23.8 Å². The molecule has 0 amide bonds. The van der Waals surface area contributed by atoms with Gasteiger partial charge in [-0.15, -0.1) is 0 Å². The van der Waals surface area contributed by atoms with E-state index in [9.17, 15) is 9.59 Å². The van der Waals surface area contributed by atoms with Crippen LogP contribution in [0.15, 0.2) is 53.7 Å². The molecule has 1 aliphatic heterocycles. The number of nitrogens with one attached hydrogen (secondary N) is 1. The molecule has 0 aliphatic carbocycles. The van der Waals surface area contributed by atoms with Crippen molar-refractivity contribution < 1.29 is 23.8 Å². The van der Waals surface area contributed by atoms with Crippen molar-refractivity contribution in [3.63, 3.8) is 0 Å². The number of H-pyrrole nitrogens is 1. The first-order valence-corrected chi connectivity index (χ1v) is 9.41. The summed E-state index contributed by atoms with van der Waals surface area (Å²) in [6.45, 7) is 0.0107. The Morgan fingerprint density at radius 3 is 2.67 bits per heavy atom. The summed E-state index contributed by atoms with van der Waals surface area (Å²) in [4.78, 5) is 34.1. The maximum atomic E-state index is 12.6. The average molecular weight is 428 g/mol. The molecule has 1 aliphatic rings. The Kier molecular flexibility index (Phi) is 5.43. The molecule has 0 spiro atoms. The molecule has 3 aromatic rings. The molecular weight excluding hydrogens is 410 g/mol. The summed E-state index contributed by atoms with van der Waals surface area (Å²) in [5.41, 5.74) is 3.90. The number of hydrogen-bond donors (Lipinski definition) is 1. The lowest BCUT2D eigenvalue weighted by atomic mass is 10.1. The van der Waals surface area contributed by atoms with Crippen LogP contribution in [0.4, 0.5) is 5.69 Å². The summed E-state index contributed by atoms with van der Waals surface area (Å²) in [5, 5.41) is 0.393. The van der Waals surface area contributed by atoms with E-state index in [4.69, 9.17) is 25.8 Å². The number of halogens is 1. The standard InChI is InChI=1S/C21H18ClN3O5/c1-28-20(26)13-10-30-11-25(19(13)21(27)29-2)17-6-4-3-5-12(17)15-9-16-14(23-15)7-8-18(22)24-16/h3-9,23H,10-11H2,1-2H3. The average Bonchev–Trinajstić information content (AvgIpc) is 3.20. The van der Waals surface area contributed by atoms with Gasteiger partial charge in [0.1, 0.15) is 17.6 Å². The molecule has 4 rings (SSSR count). The van der Waals surface area contributed by atoms with Gasteiger partial charge in [-0.2, -0.15) is 0 Å². The molecule has 0 fully saturated rings. The number of hydrogen-bond acceptors (Lipinski definition) is 7. The number of aromatic nitrogens is 2. The summed E-state index contributed by atoms with van der Waals surface area (Å²) in [6.07, 6.45) is 0. The van der Waals surface area contributed by atoms with Crippen LogP contribution in [0.3, 0.4) is 0 Å². The molecule has 9 heteroatoms. The smallest absolute Gasteiger partial charge is 0.355 e. The van der Waals surface area contributed by atoms with Crippen LogP contribution in [-0.4, -0.2) is 49.5 Å². The van der Waals surface area contributed by atoms with Crippen LogP contribution in [0.1, 0.15) is 0 Å². The molecule has 1 N–H and O–H groups in total. The summed E-state index contributed by atoms with van der Waals surface area (Å²) in [7, 11) is 2.51. The van der Waals surface area contributed by atoms with Crippen molar-refractivity contribution in [2.75, 3.05) is 32.5 Å². The molecule has 0 atom stereocenters. The summed E-state index contributed by atoms with van der Waals surface area (Å²) in [6, 6.07) is 12.8. The van der Waals surface area contributed by atoms with E-state index in [1.54, 1.807) is 11.0 Å². The number of benzene rings is 1.